The molecule has 0 bridgehead atoms. The van der Waals surface area contributed by atoms with Gasteiger partial charge in [0.2, 0.25) is 0 Å². The number of ether oxygens (including phenoxy) is 2. The number of halogens is 2. The van der Waals surface area contributed by atoms with Crippen LogP contribution in [0.15, 0.2) is 45.3 Å². The third-order valence-electron chi connectivity index (χ3n) is 3.45. The molecule has 0 atom stereocenters. The fraction of sp³-hybridized carbons (Fsp3) is 0.167. The van der Waals surface area contributed by atoms with Gasteiger partial charge in [0.05, 0.1) is 11.6 Å². The van der Waals surface area contributed by atoms with Crippen LogP contribution in [-0.4, -0.2) is 30.6 Å². The summed E-state index contributed by atoms with van der Waals surface area (Å²) in [4.78, 5) is 24.1. The second-order valence-corrected chi connectivity index (χ2v) is 7.68. The van der Waals surface area contributed by atoms with E-state index < -0.39 is 11.8 Å². The highest BCUT2D eigenvalue weighted by atomic mass is 79.9. The Labute approximate surface area is 184 Å². The number of benzene rings is 2. The summed E-state index contributed by atoms with van der Waals surface area (Å²) in [6.45, 7) is 1.66. The number of hydrazine groups is 1. The first-order valence-corrected chi connectivity index (χ1v) is 9.92. The predicted molar refractivity (Wildman–Crippen MR) is 116 cm³/mol. The molecule has 0 aliphatic rings. The van der Waals surface area contributed by atoms with Gasteiger partial charge in [-0.15, -0.1) is 0 Å². The number of carbonyl (C=O) groups is 2. The Hall–Kier alpha value is -2.17. The van der Waals surface area contributed by atoms with Gasteiger partial charge in [-0.3, -0.25) is 25.8 Å². The van der Waals surface area contributed by atoms with E-state index in [1.807, 2.05) is 19.1 Å². The van der Waals surface area contributed by atoms with Crippen molar-refractivity contribution in [3.63, 3.8) is 0 Å². The molecule has 0 spiro atoms. The molecule has 2 aromatic rings. The largest absolute Gasteiger partial charge is 0.496 e. The molecule has 0 aromatic heterocycles. The Morgan fingerprint density at radius 3 is 2.43 bits per heavy atom. The van der Waals surface area contributed by atoms with E-state index in [0.717, 1.165) is 10.0 Å². The summed E-state index contributed by atoms with van der Waals surface area (Å²) >= 11 is 11.7. The maximum atomic E-state index is 12.2. The van der Waals surface area contributed by atoms with Crippen molar-refractivity contribution in [2.45, 2.75) is 6.92 Å². The van der Waals surface area contributed by atoms with Gasteiger partial charge in [0.25, 0.3) is 11.8 Å². The molecule has 2 aromatic carbocycles. The molecule has 0 heterocycles. The summed E-state index contributed by atoms with van der Waals surface area (Å²) in [5.41, 5.74) is 6.08. The molecule has 7 nitrogen and oxygen atoms in total. The first kappa shape index (κ1) is 22.1. The second-order valence-electron chi connectivity index (χ2n) is 5.50. The topological polar surface area (TPSA) is 88.7 Å². The van der Waals surface area contributed by atoms with Crippen molar-refractivity contribution in [3.8, 4) is 11.5 Å². The molecule has 0 aliphatic carbocycles. The summed E-state index contributed by atoms with van der Waals surface area (Å²) < 4.78 is 12.1. The number of carbonyl (C=O) groups excluding carboxylic acids is 2. The highest BCUT2D eigenvalue weighted by Gasteiger charge is 2.11. The van der Waals surface area contributed by atoms with E-state index in [9.17, 15) is 9.59 Å². The lowest BCUT2D eigenvalue weighted by atomic mass is 10.2. The summed E-state index contributed by atoms with van der Waals surface area (Å²) in [7, 11) is 1.53. The Balaban J connectivity index is 1.79. The van der Waals surface area contributed by atoms with Crippen LogP contribution in [0.2, 0.25) is 0 Å². The minimum atomic E-state index is -0.453. The van der Waals surface area contributed by atoms with E-state index in [2.05, 4.69) is 48.0 Å². The van der Waals surface area contributed by atoms with Crippen LogP contribution >= 0.6 is 44.1 Å². The Morgan fingerprint density at radius 1 is 1.07 bits per heavy atom. The molecule has 0 saturated heterocycles. The van der Waals surface area contributed by atoms with Crippen LogP contribution < -0.4 is 25.6 Å². The molecule has 0 saturated carbocycles. The Morgan fingerprint density at radius 2 is 1.79 bits per heavy atom. The predicted octanol–water partition coefficient (Wildman–Crippen LogP) is 3.24. The van der Waals surface area contributed by atoms with Crippen LogP contribution in [0, 0.1) is 6.92 Å². The van der Waals surface area contributed by atoms with Gasteiger partial charge in [-0.05, 0) is 77.0 Å². The Bertz CT molecular complexity index is 908. The first-order valence-electron chi connectivity index (χ1n) is 7.93. The summed E-state index contributed by atoms with van der Waals surface area (Å²) in [6.07, 6.45) is 0. The molecule has 28 heavy (non-hydrogen) atoms. The lowest BCUT2D eigenvalue weighted by Gasteiger charge is -2.12. The van der Waals surface area contributed by atoms with E-state index >= 15 is 0 Å². The molecule has 3 N–H and O–H groups in total. The smallest absolute Gasteiger partial charge is 0.276 e. The zero-order chi connectivity index (χ0) is 20.7. The van der Waals surface area contributed by atoms with E-state index in [4.69, 9.17) is 21.7 Å². The molecule has 0 unspecified atom stereocenters. The fourth-order valence-electron chi connectivity index (χ4n) is 2.09. The molecule has 148 valence electrons. The third kappa shape index (κ3) is 6.47. The van der Waals surface area contributed by atoms with Crippen molar-refractivity contribution < 1.29 is 19.1 Å². The zero-order valence-electron chi connectivity index (χ0n) is 15.0. The van der Waals surface area contributed by atoms with Crippen molar-refractivity contribution >= 4 is 61.0 Å². The van der Waals surface area contributed by atoms with Crippen LogP contribution in [0.4, 0.5) is 0 Å². The average Bonchev–Trinajstić information content (AvgIpc) is 2.65. The molecular formula is C18H17Br2N3O4S. The van der Waals surface area contributed by atoms with Gasteiger partial charge in [-0.2, -0.15) is 0 Å². The molecule has 10 heteroatoms. The monoisotopic (exact) mass is 529 g/mol. The number of hydrogen-bond acceptors (Lipinski definition) is 5. The maximum absolute atomic E-state index is 12.2. The van der Waals surface area contributed by atoms with Gasteiger partial charge >= 0.3 is 0 Å². The Kier molecular flexibility index (Phi) is 8.21. The van der Waals surface area contributed by atoms with Crippen molar-refractivity contribution in [2.24, 2.45) is 0 Å². The highest BCUT2D eigenvalue weighted by molar-refractivity contribution is 9.10. The third-order valence-corrected chi connectivity index (χ3v) is 4.77. The second kappa shape index (κ2) is 10.4. The average molecular weight is 531 g/mol. The zero-order valence-corrected chi connectivity index (χ0v) is 19.0. The minimum Gasteiger partial charge on any atom is -0.496 e. The quantitative estimate of drug-likeness (QED) is 0.406. The number of rotatable bonds is 5. The van der Waals surface area contributed by atoms with Gasteiger partial charge in [0, 0.05) is 10.0 Å². The van der Waals surface area contributed by atoms with Crippen molar-refractivity contribution in [2.75, 3.05) is 13.7 Å². The van der Waals surface area contributed by atoms with E-state index in [-0.39, 0.29) is 11.7 Å². The van der Waals surface area contributed by atoms with Crippen molar-refractivity contribution in [1.82, 2.24) is 16.2 Å². The SMILES string of the molecule is COc1ccc(C(=O)NC(=S)NNC(=O)COc2ccc(Br)cc2C)cc1Br. The van der Waals surface area contributed by atoms with E-state index in [1.54, 1.807) is 24.3 Å². The van der Waals surface area contributed by atoms with Gasteiger partial charge in [0.1, 0.15) is 11.5 Å². The molecule has 2 rings (SSSR count). The van der Waals surface area contributed by atoms with Crippen molar-refractivity contribution in [1.29, 1.82) is 0 Å². The van der Waals surface area contributed by atoms with Crippen LogP contribution in [-0.2, 0) is 4.79 Å². The molecular weight excluding hydrogens is 514 g/mol. The van der Waals surface area contributed by atoms with Crippen LogP contribution in [0.5, 0.6) is 11.5 Å². The number of methoxy groups -OCH3 is 1. The number of thiocarbonyl (C=S) groups is 1. The van der Waals surface area contributed by atoms with E-state index in [1.165, 1.54) is 7.11 Å². The van der Waals surface area contributed by atoms with Crippen molar-refractivity contribution in [3.05, 3.63) is 56.5 Å². The first-order chi connectivity index (χ1) is 13.3. The molecule has 2 amide bonds. The minimum absolute atomic E-state index is 0.0508. The molecule has 0 aliphatic heterocycles. The summed E-state index contributed by atoms with van der Waals surface area (Å²) in [5.74, 6) is 0.313. The molecule has 0 radical (unpaired) electrons. The number of amides is 2. The maximum Gasteiger partial charge on any atom is 0.276 e. The lowest BCUT2D eigenvalue weighted by molar-refractivity contribution is -0.123. The summed E-state index contributed by atoms with van der Waals surface area (Å²) in [6, 6.07) is 10.3. The summed E-state index contributed by atoms with van der Waals surface area (Å²) in [5, 5.41) is 2.41. The number of nitrogens with one attached hydrogen (secondary N) is 3. The number of hydrogen-bond donors (Lipinski definition) is 3. The van der Waals surface area contributed by atoms with E-state index in [0.29, 0.717) is 21.5 Å². The standard InChI is InChI=1S/C18H17Br2N3O4S/c1-10-7-12(19)4-6-14(10)27-9-16(24)22-23-18(28)21-17(25)11-3-5-15(26-2)13(20)8-11/h3-8H,9H2,1-2H3,(H,22,24)(H2,21,23,25,28). The van der Waals surface area contributed by atoms with Crippen LogP contribution in [0.1, 0.15) is 15.9 Å². The van der Waals surface area contributed by atoms with Gasteiger partial charge < -0.3 is 9.47 Å². The fourth-order valence-corrected chi connectivity index (χ4v) is 3.25. The molecule has 0 fully saturated rings. The lowest BCUT2D eigenvalue weighted by Crippen LogP contribution is -2.49. The normalized spacial score (nSPS) is 10.0. The highest BCUT2D eigenvalue weighted by Crippen LogP contribution is 2.25. The van der Waals surface area contributed by atoms with Gasteiger partial charge in [0.15, 0.2) is 11.7 Å². The number of aryl methyl sites for hydroxylation is 1. The van der Waals surface area contributed by atoms with Crippen LogP contribution in [0.25, 0.3) is 0 Å². The van der Waals surface area contributed by atoms with Gasteiger partial charge in [-0.25, -0.2) is 0 Å². The van der Waals surface area contributed by atoms with Crippen LogP contribution in [0.3, 0.4) is 0 Å². The van der Waals surface area contributed by atoms with Gasteiger partial charge in [-0.1, -0.05) is 15.9 Å².